The van der Waals surface area contributed by atoms with Gasteiger partial charge in [-0.15, -0.1) is 21.6 Å². The molecule has 0 saturated heterocycles. The summed E-state index contributed by atoms with van der Waals surface area (Å²) in [6, 6.07) is 7.70. The molecule has 0 saturated carbocycles. The first-order valence-electron chi connectivity index (χ1n) is 20.4. The van der Waals surface area contributed by atoms with Crippen LogP contribution >= 0.6 is 11.3 Å². The van der Waals surface area contributed by atoms with Gasteiger partial charge in [-0.2, -0.15) is 5.26 Å². The SMILES string of the molecule is [C-]#[N+]c1sc(N=Nc2ccc(N(CCOCCOCCOC(=O)CC(C/C=C/CCC)C(=O)[O-])CCOCCOC(=O)CC(C/C=C/CCC)C(=O)[O-])cc2C)c(C#N)c1C.[Na+].[Na+]. The van der Waals surface area contributed by atoms with Crippen LogP contribution in [0.4, 0.5) is 21.4 Å². The molecule has 1 heterocycles. The van der Waals surface area contributed by atoms with E-state index in [1.807, 2.05) is 50.0 Å². The molecule has 63 heavy (non-hydrogen) atoms. The van der Waals surface area contributed by atoms with Crippen LogP contribution in [0.5, 0.6) is 0 Å². The molecule has 0 bridgehead atoms. The number of nitriles is 1. The van der Waals surface area contributed by atoms with Crippen molar-refractivity contribution in [3.8, 4) is 6.07 Å². The van der Waals surface area contributed by atoms with Crippen molar-refractivity contribution in [3.63, 3.8) is 0 Å². The van der Waals surface area contributed by atoms with Crippen molar-refractivity contribution in [3.05, 3.63) is 70.6 Å². The number of esters is 2. The first-order valence-corrected chi connectivity index (χ1v) is 21.2. The quantitative estimate of drug-likeness (QED) is 0.0239. The van der Waals surface area contributed by atoms with Gasteiger partial charge in [-0.3, -0.25) is 9.59 Å². The van der Waals surface area contributed by atoms with Crippen molar-refractivity contribution in [2.45, 2.75) is 79.1 Å². The smallest absolute Gasteiger partial charge is 0.550 e. The van der Waals surface area contributed by atoms with Crippen LogP contribution in [0.25, 0.3) is 4.85 Å². The third-order valence-corrected chi connectivity index (χ3v) is 10.1. The number of hydrogen-bond donors (Lipinski definition) is 0. The first kappa shape index (κ1) is 59.5. The molecule has 0 N–H and O–H groups in total. The van der Waals surface area contributed by atoms with Gasteiger partial charge in [0.05, 0.1) is 70.3 Å². The Kier molecular flexibility index (Phi) is 33.9. The van der Waals surface area contributed by atoms with Crippen molar-refractivity contribution >= 4 is 56.6 Å². The maximum absolute atomic E-state index is 12.3. The summed E-state index contributed by atoms with van der Waals surface area (Å²) in [5, 5.41) is 41.8. The van der Waals surface area contributed by atoms with Gasteiger partial charge in [0.15, 0.2) is 0 Å². The van der Waals surface area contributed by atoms with Crippen molar-refractivity contribution < 1.29 is 112 Å². The molecule has 16 nitrogen and oxygen atoms in total. The van der Waals surface area contributed by atoms with Crippen LogP contribution in [0.15, 0.2) is 52.7 Å². The molecule has 0 aliphatic heterocycles. The number of aryl methyl sites for hydroxylation is 1. The average Bonchev–Trinajstić information content (AvgIpc) is 3.55. The predicted molar refractivity (Wildman–Crippen MR) is 226 cm³/mol. The number of nitrogens with zero attached hydrogens (tertiary/aromatic N) is 5. The molecule has 0 spiro atoms. The Morgan fingerprint density at radius 3 is 1.73 bits per heavy atom. The molecule has 2 unspecified atom stereocenters. The van der Waals surface area contributed by atoms with E-state index >= 15 is 0 Å². The molecule has 1 aromatic heterocycles. The summed E-state index contributed by atoms with van der Waals surface area (Å²) in [4.78, 5) is 52.8. The predicted octanol–water partition coefficient (Wildman–Crippen LogP) is 0.159. The number of carboxylic acid groups (broad SMARTS) is 2. The molecule has 2 rings (SSSR count). The van der Waals surface area contributed by atoms with E-state index < -0.39 is 35.7 Å². The molecule has 0 amide bonds. The Hall–Kier alpha value is -3.46. The van der Waals surface area contributed by atoms with Gasteiger partial charge in [0, 0.05) is 42.6 Å². The minimum absolute atomic E-state index is 0. The van der Waals surface area contributed by atoms with E-state index in [0.29, 0.717) is 46.5 Å². The number of carbonyl (C=O) groups excluding carboxylic acids is 4. The maximum Gasteiger partial charge on any atom is 1.00 e. The number of anilines is 1. The number of carboxylic acids is 2. The van der Waals surface area contributed by atoms with Gasteiger partial charge in [-0.25, -0.2) is 4.85 Å². The molecule has 2 aromatic rings. The standard InChI is InChI=1S/C44H59N5O11S.2Na/c1-6-8-10-12-14-34(43(52)53)29-39(50)59-26-24-57-21-19-49(36-16-17-38(32(3)28-36)47-48-42-37(31-45)33(4)41(46-5)61-42)18-20-56-22-23-58-25-27-60-40(51)30-35(44(54)55)15-13-11-9-7-2;;/h10-13,16-17,28,34-35H,6-9,14-15,18-27,29-30H2,1-4H3,(H,52,53)(H,54,55);;/q;2*+1/p-2/b12-10+,13-11+,48-47?;;. The normalized spacial score (nSPS) is 12.0. The van der Waals surface area contributed by atoms with Crippen molar-refractivity contribution in [1.29, 1.82) is 5.26 Å². The van der Waals surface area contributed by atoms with E-state index in [1.165, 1.54) is 0 Å². The second-order valence-corrected chi connectivity index (χ2v) is 14.8. The summed E-state index contributed by atoms with van der Waals surface area (Å²) >= 11 is 1.11. The number of unbranched alkanes of at least 4 members (excludes halogenated alkanes) is 2. The van der Waals surface area contributed by atoms with E-state index in [-0.39, 0.29) is 131 Å². The molecule has 0 aliphatic rings. The van der Waals surface area contributed by atoms with E-state index in [2.05, 4.69) is 21.1 Å². The van der Waals surface area contributed by atoms with Crippen molar-refractivity contribution in [2.75, 3.05) is 70.8 Å². The first-order chi connectivity index (χ1) is 29.4. The fraction of sp³-hybridized carbons (Fsp3) is 0.545. The van der Waals surface area contributed by atoms with Crippen LogP contribution in [0.1, 0.15) is 81.9 Å². The third-order valence-electron chi connectivity index (χ3n) is 9.05. The number of rotatable bonds is 32. The largest absolute Gasteiger partial charge is 1.00 e. The van der Waals surface area contributed by atoms with Gasteiger partial charge in [-0.05, 0) is 68.9 Å². The Morgan fingerprint density at radius 2 is 1.29 bits per heavy atom. The van der Waals surface area contributed by atoms with E-state index in [0.717, 1.165) is 48.3 Å². The van der Waals surface area contributed by atoms with E-state index in [1.54, 1.807) is 25.1 Å². The molecule has 0 aliphatic carbocycles. The number of aliphatic carboxylic acids is 2. The molecule has 0 fully saturated rings. The zero-order valence-corrected chi connectivity index (χ0v) is 42.4. The van der Waals surface area contributed by atoms with Crippen LogP contribution in [-0.4, -0.2) is 89.8 Å². The van der Waals surface area contributed by atoms with Gasteiger partial charge in [-0.1, -0.05) is 51.0 Å². The maximum atomic E-state index is 12.3. The number of ether oxygens (including phenoxy) is 5. The second kappa shape index (κ2) is 35.8. The third kappa shape index (κ3) is 24.4. The van der Waals surface area contributed by atoms with Crippen molar-refractivity contribution in [2.24, 2.45) is 22.1 Å². The summed E-state index contributed by atoms with van der Waals surface area (Å²) < 4.78 is 27.4. The molecule has 1 aromatic carbocycles. The Morgan fingerprint density at radius 1 is 0.794 bits per heavy atom. The van der Waals surface area contributed by atoms with Crippen LogP contribution in [0, 0.1) is 43.6 Å². The Balaban J connectivity index is 0.0000192. The van der Waals surface area contributed by atoms with Gasteiger partial charge >= 0.3 is 71.1 Å². The number of hydrogen-bond acceptors (Lipinski definition) is 16. The molecular formula is C44H57N5Na2O11S. The topological polar surface area (TPSA) is 217 Å². The number of azo groups is 1. The van der Waals surface area contributed by atoms with Crippen LogP contribution in [0.3, 0.4) is 0 Å². The fourth-order valence-corrected chi connectivity index (χ4v) is 6.42. The van der Waals surface area contributed by atoms with E-state index in [9.17, 15) is 34.7 Å². The summed E-state index contributed by atoms with van der Waals surface area (Å²) in [7, 11) is 0. The van der Waals surface area contributed by atoms with Gasteiger partial charge in [0.1, 0.15) is 24.3 Å². The minimum atomic E-state index is -1.30. The van der Waals surface area contributed by atoms with E-state index in [4.69, 9.17) is 30.3 Å². The molecule has 19 heteroatoms. The number of benzene rings is 1. The molecular weight excluding hydrogens is 853 g/mol. The summed E-state index contributed by atoms with van der Waals surface area (Å²) in [5.41, 5.74) is 3.13. The number of thiophene rings is 1. The number of allylic oxidation sites excluding steroid dienone is 4. The summed E-state index contributed by atoms with van der Waals surface area (Å²) in [5.74, 6) is -5.80. The minimum Gasteiger partial charge on any atom is -0.550 e. The molecule has 0 radical (unpaired) electrons. The summed E-state index contributed by atoms with van der Waals surface area (Å²) in [6.45, 7) is 17.1. The van der Waals surface area contributed by atoms with Gasteiger partial charge in [0.2, 0.25) is 5.00 Å². The number of carbonyl (C=O) groups is 4. The Labute approximate surface area is 419 Å². The van der Waals surface area contributed by atoms with Gasteiger partial charge in [0.25, 0.3) is 0 Å². The average molecular weight is 910 g/mol. The molecule has 332 valence electrons. The second-order valence-electron chi connectivity index (χ2n) is 13.8. The van der Waals surface area contributed by atoms with Crippen LogP contribution in [-0.2, 0) is 42.9 Å². The fourth-order valence-electron chi connectivity index (χ4n) is 5.55. The monoisotopic (exact) mass is 909 g/mol. The zero-order chi connectivity index (χ0) is 44.8. The van der Waals surface area contributed by atoms with Crippen LogP contribution in [0.2, 0.25) is 0 Å². The summed E-state index contributed by atoms with van der Waals surface area (Å²) in [6.07, 6.45) is 10.6. The molecule has 2 atom stereocenters. The van der Waals surface area contributed by atoms with Crippen LogP contribution < -0.4 is 74.2 Å². The van der Waals surface area contributed by atoms with Crippen molar-refractivity contribution in [1.82, 2.24) is 0 Å². The Bertz CT molecular complexity index is 1880. The van der Waals surface area contributed by atoms with Gasteiger partial charge < -0.3 is 48.4 Å². The zero-order valence-electron chi connectivity index (χ0n) is 37.6.